The van der Waals surface area contributed by atoms with Gasteiger partial charge in [-0.15, -0.1) is 0 Å². The summed E-state index contributed by atoms with van der Waals surface area (Å²) < 4.78 is 5.61. The highest BCUT2D eigenvalue weighted by Gasteiger charge is 2.16. The SMILES string of the molecule is Cc1cc(C)cc(OCCC(C)(N)CO)c1. The minimum Gasteiger partial charge on any atom is -0.494 e. The number of rotatable bonds is 5. The molecule has 0 bridgehead atoms. The van der Waals surface area contributed by atoms with Crippen LogP contribution in [-0.2, 0) is 0 Å². The maximum atomic E-state index is 9.00. The molecule has 0 aromatic heterocycles. The Balaban J connectivity index is 2.49. The molecule has 0 aliphatic carbocycles. The predicted molar refractivity (Wildman–Crippen MR) is 65.7 cm³/mol. The summed E-state index contributed by atoms with van der Waals surface area (Å²) in [7, 11) is 0. The predicted octanol–water partition coefficient (Wildman–Crippen LogP) is 1.78. The normalized spacial score (nSPS) is 14.6. The van der Waals surface area contributed by atoms with Crippen LogP contribution in [0.1, 0.15) is 24.5 Å². The highest BCUT2D eigenvalue weighted by atomic mass is 16.5. The van der Waals surface area contributed by atoms with Crippen LogP contribution in [0.2, 0.25) is 0 Å². The molecule has 1 aromatic carbocycles. The molecule has 0 amide bonds. The van der Waals surface area contributed by atoms with E-state index in [1.165, 1.54) is 11.1 Å². The highest BCUT2D eigenvalue weighted by molar-refractivity contribution is 5.32. The molecule has 1 aromatic rings. The quantitative estimate of drug-likeness (QED) is 0.800. The number of nitrogens with two attached hydrogens (primary N) is 1. The lowest BCUT2D eigenvalue weighted by molar-refractivity contribution is 0.175. The first-order valence-electron chi connectivity index (χ1n) is 5.54. The zero-order valence-corrected chi connectivity index (χ0v) is 10.3. The maximum Gasteiger partial charge on any atom is 0.119 e. The molecule has 3 nitrogen and oxygen atoms in total. The standard InChI is InChI=1S/C13H21NO2/c1-10-6-11(2)8-12(7-10)16-5-4-13(3,14)9-15/h6-8,15H,4-5,9,14H2,1-3H3. The van der Waals surface area contributed by atoms with Crippen molar-refractivity contribution in [2.75, 3.05) is 13.2 Å². The molecule has 90 valence electrons. The van der Waals surface area contributed by atoms with Gasteiger partial charge in [0.2, 0.25) is 0 Å². The van der Waals surface area contributed by atoms with Crippen molar-refractivity contribution in [3.8, 4) is 5.75 Å². The Hall–Kier alpha value is -1.06. The van der Waals surface area contributed by atoms with Gasteiger partial charge in [-0.25, -0.2) is 0 Å². The fourth-order valence-electron chi connectivity index (χ4n) is 1.50. The Morgan fingerprint density at radius 3 is 2.31 bits per heavy atom. The topological polar surface area (TPSA) is 55.5 Å². The second-order valence-electron chi connectivity index (χ2n) is 4.73. The molecule has 0 spiro atoms. The Labute approximate surface area is 97.2 Å². The van der Waals surface area contributed by atoms with Gasteiger partial charge in [0.25, 0.3) is 0 Å². The van der Waals surface area contributed by atoms with Gasteiger partial charge >= 0.3 is 0 Å². The molecular weight excluding hydrogens is 202 g/mol. The molecule has 3 heteroatoms. The number of ether oxygens (including phenoxy) is 1. The fourth-order valence-corrected chi connectivity index (χ4v) is 1.50. The van der Waals surface area contributed by atoms with E-state index in [0.29, 0.717) is 13.0 Å². The molecule has 1 atom stereocenters. The fraction of sp³-hybridized carbons (Fsp3) is 0.538. The van der Waals surface area contributed by atoms with E-state index < -0.39 is 5.54 Å². The highest BCUT2D eigenvalue weighted by Crippen LogP contribution is 2.17. The zero-order valence-electron chi connectivity index (χ0n) is 10.3. The molecule has 0 saturated heterocycles. The maximum absolute atomic E-state index is 9.00. The molecule has 0 fully saturated rings. The second kappa shape index (κ2) is 5.32. The van der Waals surface area contributed by atoms with Gasteiger partial charge in [0, 0.05) is 12.0 Å². The monoisotopic (exact) mass is 223 g/mol. The van der Waals surface area contributed by atoms with Crippen LogP contribution >= 0.6 is 0 Å². The van der Waals surface area contributed by atoms with E-state index in [4.69, 9.17) is 15.6 Å². The van der Waals surface area contributed by atoms with Crippen LogP contribution in [0.15, 0.2) is 18.2 Å². The number of benzene rings is 1. The van der Waals surface area contributed by atoms with Crippen LogP contribution in [0.3, 0.4) is 0 Å². The van der Waals surface area contributed by atoms with E-state index in [0.717, 1.165) is 5.75 Å². The van der Waals surface area contributed by atoms with E-state index in [9.17, 15) is 0 Å². The summed E-state index contributed by atoms with van der Waals surface area (Å²) in [5.74, 6) is 0.867. The van der Waals surface area contributed by atoms with Crippen LogP contribution in [0.5, 0.6) is 5.75 Å². The van der Waals surface area contributed by atoms with Crippen molar-refractivity contribution in [3.63, 3.8) is 0 Å². The summed E-state index contributed by atoms with van der Waals surface area (Å²) in [4.78, 5) is 0. The lowest BCUT2D eigenvalue weighted by atomic mass is 10.0. The summed E-state index contributed by atoms with van der Waals surface area (Å²) >= 11 is 0. The third kappa shape index (κ3) is 4.21. The molecule has 0 radical (unpaired) electrons. The van der Waals surface area contributed by atoms with Crippen LogP contribution < -0.4 is 10.5 Å². The summed E-state index contributed by atoms with van der Waals surface area (Å²) in [5, 5.41) is 9.00. The van der Waals surface area contributed by atoms with Gasteiger partial charge in [-0.3, -0.25) is 0 Å². The smallest absolute Gasteiger partial charge is 0.119 e. The molecule has 1 rings (SSSR count). The Morgan fingerprint density at radius 2 is 1.81 bits per heavy atom. The number of aliphatic hydroxyl groups excluding tert-OH is 1. The van der Waals surface area contributed by atoms with Crippen LogP contribution in [0, 0.1) is 13.8 Å². The van der Waals surface area contributed by atoms with Gasteiger partial charge in [0.1, 0.15) is 5.75 Å². The molecule has 0 aliphatic rings. The molecule has 3 N–H and O–H groups in total. The van der Waals surface area contributed by atoms with Gasteiger partial charge in [-0.05, 0) is 44.0 Å². The average Bonchev–Trinajstić information content (AvgIpc) is 2.16. The third-order valence-electron chi connectivity index (χ3n) is 2.50. The first-order chi connectivity index (χ1) is 7.43. The summed E-state index contributed by atoms with van der Waals surface area (Å²) in [5.41, 5.74) is 7.63. The molecule has 1 unspecified atom stereocenters. The van der Waals surface area contributed by atoms with E-state index in [-0.39, 0.29) is 6.61 Å². The largest absolute Gasteiger partial charge is 0.494 e. The van der Waals surface area contributed by atoms with Gasteiger partial charge in [0.05, 0.1) is 13.2 Å². The van der Waals surface area contributed by atoms with Crippen molar-refractivity contribution >= 4 is 0 Å². The lowest BCUT2D eigenvalue weighted by Crippen LogP contribution is -2.41. The zero-order chi connectivity index (χ0) is 12.2. The molecule has 0 saturated carbocycles. The van der Waals surface area contributed by atoms with E-state index in [1.807, 2.05) is 32.9 Å². The Bertz CT molecular complexity index is 328. The van der Waals surface area contributed by atoms with Gasteiger partial charge in [-0.1, -0.05) is 6.07 Å². The Morgan fingerprint density at radius 1 is 1.25 bits per heavy atom. The molecule has 0 heterocycles. The number of aliphatic hydroxyl groups is 1. The molecular formula is C13H21NO2. The van der Waals surface area contributed by atoms with Crippen molar-refractivity contribution in [2.45, 2.75) is 32.7 Å². The summed E-state index contributed by atoms with van der Waals surface area (Å²) in [6, 6.07) is 6.10. The van der Waals surface area contributed by atoms with Gasteiger partial charge in [-0.2, -0.15) is 0 Å². The molecule has 16 heavy (non-hydrogen) atoms. The Kier molecular flexibility index (Phi) is 4.33. The summed E-state index contributed by atoms with van der Waals surface area (Å²) in [6.45, 7) is 6.40. The average molecular weight is 223 g/mol. The van der Waals surface area contributed by atoms with Crippen molar-refractivity contribution in [3.05, 3.63) is 29.3 Å². The van der Waals surface area contributed by atoms with E-state index >= 15 is 0 Å². The minimum absolute atomic E-state index is 0.0246. The number of hydrogen-bond acceptors (Lipinski definition) is 3. The number of hydrogen-bond donors (Lipinski definition) is 2. The first-order valence-corrected chi connectivity index (χ1v) is 5.54. The van der Waals surface area contributed by atoms with Gasteiger partial charge in [0.15, 0.2) is 0 Å². The minimum atomic E-state index is -0.557. The van der Waals surface area contributed by atoms with Gasteiger partial charge < -0.3 is 15.6 Å². The van der Waals surface area contributed by atoms with Crippen LogP contribution in [0.4, 0.5) is 0 Å². The lowest BCUT2D eigenvalue weighted by Gasteiger charge is -2.21. The van der Waals surface area contributed by atoms with Crippen molar-refractivity contribution < 1.29 is 9.84 Å². The number of aryl methyl sites for hydroxylation is 2. The second-order valence-corrected chi connectivity index (χ2v) is 4.73. The van der Waals surface area contributed by atoms with E-state index in [1.54, 1.807) is 0 Å². The first kappa shape index (κ1) is 13.0. The van der Waals surface area contributed by atoms with Crippen molar-refractivity contribution in [2.24, 2.45) is 5.73 Å². The van der Waals surface area contributed by atoms with Crippen LogP contribution in [-0.4, -0.2) is 23.9 Å². The van der Waals surface area contributed by atoms with Crippen molar-refractivity contribution in [1.29, 1.82) is 0 Å². The summed E-state index contributed by atoms with van der Waals surface area (Å²) in [6.07, 6.45) is 0.635. The van der Waals surface area contributed by atoms with E-state index in [2.05, 4.69) is 6.07 Å². The van der Waals surface area contributed by atoms with Crippen LogP contribution in [0.25, 0.3) is 0 Å². The third-order valence-corrected chi connectivity index (χ3v) is 2.50. The van der Waals surface area contributed by atoms with Crippen molar-refractivity contribution in [1.82, 2.24) is 0 Å². The molecule has 0 aliphatic heterocycles.